The van der Waals surface area contributed by atoms with Gasteiger partial charge in [0.25, 0.3) is 5.91 Å². The van der Waals surface area contributed by atoms with Crippen LogP contribution in [-0.4, -0.2) is 93.5 Å². The summed E-state index contributed by atoms with van der Waals surface area (Å²) in [7, 11) is 0. The molecule has 2 unspecified atom stereocenters. The van der Waals surface area contributed by atoms with Crippen molar-refractivity contribution >= 4 is 11.7 Å². The van der Waals surface area contributed by atoms with Crippen LogP contribution in [0.2, 0.25) is 0 Å². The Morgan fingerprint density at radius 1 is 0.940 bits per heavy atom. The van der Waals surface area contributed by atoms with E-state index < -0.39 is 12.1 Å². The average molecular weight is 681 g/mol. The maximum atomic E-state index is 13.3. The Morgan fingerprint density at radius 2 is 1.70 bits per heavy atom. The molecule has 1 saturated carbocycles. The minimum absolute atomic E-state index is 0.114. The SMILES string of the molecule is Nc1ncc(-c2ccc(F)nc2)cc1C(=O)N[C@H]1CCC[C@@H]1OCc1ccc(-c2ccc3c(c2)CCC3N2CCN(CC(O)CO)CC2)cc1. The standard InChI is InChI=1S/C39H45FN6O4/c40-37-13-10-29(20-42-37)30-19-33(38(41)43-21-30)39(49)44-34-2-1-3-36(34)50-24-25-4-6-26(7-5-25)27-8-11-32-28(18-27)9-12-35(32)46-16-14-45(15-17-46)22-31(48)23-47/h4-8,10-11,13,18-21,31,34-36,47-48H,1-3,9,12,14-17,22-24H2,(H2,41,43)(H,44,49)/t31?,34-,35?,36-/m0/s1. The van der Waals surface area contributed by atoms with Crippen molar-refractivity contribution < 1.29 is 24.1 Å². The number of anilines is 1. The number of aliphatic hydroxyl groups is 2. The number of nitrogens with one attached hydrogen (secondary N) is 1. The van der Waals surface area contributed by atoms with Gasteiger partial charge in [0.05, 0.1) is 37.0 Å². The quantitative estimate of drug-likeness (QED) is 0.170. The van der Waals surface area contributed by atoms with E-state index in [1.54, 1.807) is 18.3 Å². The van der Waals surface area contributed by atoms with Crippen molar-refractivity contribution in [2.75, 3.05) is 45.1 Å². The molecule has 2 aliphatic carbocycles. The Morgan fingerprint density at radius 3 is 2.46 bits per heavy atom. The first-order chi connectivity index (χ1) is 24.3. The third kappa shape index (κ3) is 7.72. The molecule has 2 aromatic carbocycles. The van der Waals surface area contributed by atoms with Crippen LogP contribution < -0.4 is 11.1 Å². The van der Waals surface area contributed by atoms with E-state index in [1.807, 2.05) is 0 Å². The average Bonchev–Trinajstić information content (AvgIpc) is 3.78. The number of ether oxygens (including phenoxy) is 1. The molecule has 5 N–H and O–H groups in total. The highest BCUT2D eigenvalue weighted by Crippen LogP contribution is 2.38. The third-order valence-corrected chi connectivity index (χ3v) is 10.5. The van der Waals surface area contributed by atoms with Gasteiger partial charge < -0.3 is 26.0 Å². The molecule has 0 radical (unpaired) electrons. The number of carbonyl (C=O) groups excluding carboxylic acids is 1. The Bertz CT molecular complexity index is 1780. The number of pyridine rings is 2. The van der Waals surface area contributed by atoms with E-state index in [1.165, 1.54) is 34.5 Å². The number of benzene rings is 2. The van der Waals surface area contributed by atoms with Crippen LogP contribution >= 0.6 is 0 Å². The van der Waals surface area contributed by atoms with Crippen LogP contribution in [0.25, 0.3) is 22.3 Å². The fourth-order valence-electron chi connectivity index (χ4n) is 7.66. The smallest absolute Gasteiger partial charge is 0.255 e. The predicted octanol–water partition coefficient (Wildman–Crippen LogP) is 4.36. The first kappa shape index (κ1) is 34.2. The van der Waals surface area contributed by atoms with Gasteiger partial charge in [-0.3, -0.25) is 14.6 Å². The maximum Gasteiger partial charge on any atom is 0.255 e. The van der Waals surface area contributed by atoms with Gasteiger partial charge in [-0.1, -0.05) is 42.5 Å². The van der Waals surface area contributed by atoms with Gasteiger partial charge in [-0.2, -0.15) is 4.39 Å². The van der Waals surface area contributed by atoms with E-state index >= 15 is 0 Å². The van der Waals surface area contributed by atoms with Crippen LogP contribution in [0, 0.1) is 5.95 Å². The number of fused-ring (bicyclic) bond motifs is 1. The number of hydrogen-bond acceptors (Lipinski definition) is 9. The molecule has 50 heavy (non-hydrogen) atoms. The number of aryl methyl sites for hydroxylation is 1. The zero-order valence-corrected chi connectivity index (χ0v) is 28.2. The van der Waals surface area contributed by atoms with Crippen molar-refractivity contribution in [3.63, 3.8) is 0 Å². The highest BCUT2D eigenvalue weighted by Gasteiger charge is 2.32. The number of rotatable bonds is 11. The molecule has 1 amide bonds. The zero-order chi connectivity index (χ0) is 34.6. The molecule has 3 aliphatic rings. The van der Waals surface area contributed by atoms with E-state index in [0.29, 0.717) is 30.3 Å². The summed E-state index contributed by atoms with van der Waals surface area (Å²) in [4.78, 5) is 26.0. The molecule has 262 valence electrons. The van der Waals surface area contributed by atoms with Gasteiger partial charge in [0.1, 0.15) is 5.82 Å². The predicted molar refractivity (Wildman–Crippen MR) is 190 cm³/mol. The van der Waals surface area contributed by atoms with E-state index in [0.717, 1.165) is 63.8 Å². The highest BCUT2D eigenvalue weighted by atomic mass is 19.1. The topological polar surface area (TPSA) is 137 Å². The summed E-state index contributed by atoms with van der Waals surface area (Å²) in [5.74, 6) is -0.755. The van der Waals surface area contributed by atoms with Gasteiger partial charge in [-0.05, 0) is 78.1 Å². The Kier molecular flexibility index (Phi) is 10.5. The number of hydrogen-bond donors (Lipinski definition) is 4. The fraction of sp³-hybridized carbons (Fsp3) is 0.410. The first-order valence-electron chi connectivity index (χ1n) is 17.6. The minimum Gasteiger partial charge on any atom is -0.394 e. The van der Waals surface area contributed by atoms with E-state index in [9.17, 15) is 19.4 Å². The van der Waals surface area contributed by atoms with Crippen molar-refractivity contribution in [3.8, 4) is 22.3 Å². The molecule has 0 spiro atoms. The lowest BCUT2D eigenvalue weighted by atomic mass is 9.98. The molecular formula is C39H45FN6O4. The third-order valence-electron chi connectivity index (χ3n) is 10.5. The summed E-state index contributed by atoms with van der Waals surface area (Å²) >= 11 is 0. The van der Waals surface area contributed by atoms with Crippen molar-refractivity contribution in [2.45, 2.75) is 63.0 Å². The molecule has 2 aromatic heterocycles. The lowest BCUT2D eigenvalue weighted by molar-refractivity contribution is 0.0272. The lowest BCUT2D eigenvalue weighted by Crippen LogP contribution is -2.49. The lowest BCUT2D eigenvalue weighted by Gasteiger charge is -2.38. The largest absolute Gasteiger partial charge is 0.394 e. The molecule has 1 aliphatic heterocycles. The van der Waals surface area contributed by atoms with Crippen LogP contribution in [0.5, 0.6) is 0 Å². The van der Waals surface area contributed by atoms with Gasteiger partial charge in [-0.15, -0.1) is 0 Å². The van der Waals surface area contributed by atoms with Crippen LogP contribution in [0.4, 0.5) is 10.2 Å². The van der Waals surface area contributed by atoms with Crippen molar-refractivity contribution in [1.29, 1.82) is 0 Å². The van der Waals surface area contributed by atoms with E-state index in [-0.39, 0.29) is 36.0 Å². The summed E-state index contributed by atoms with van der Waals surface area (Å²) < 4.78 is 19.6. The van der Waals surface area contributed by atoms with Gasteiger partial charge in [-0.25, -0.2) is 9.97 Å². The van der Waals surface area contributed by atoms with Crippen LogP contribution in [0.3, 0.4) is 0 Å². The number of aromatic nitrogens is 2. The number of piperazine rings is 1. The van der Waals surface area contributed by atoms with E-state index in [4.69, 9.17) is 10.5 Å². The summed E-state index contributed by atoms with van der Waals surface area (Å²) in [5.41, 5.74) is 13.9. The second-order valence-electron chi connectivity index (χ2n) is 13.7. The number of nitrogens with zero attached hydrogens (tertiary/aromatic N) is 4. The molecule has 4 aromatic rings. The second-order valence-corrected chi connectivity index (χ2v) is 13.7. The number of β-amino-alcohol motifs (C(OH)–C–C–N with tert-alkyl or cyclic N) is 1. The number of nitrogen functional groups attached to an aromatic ring is 1. The number of carbonyl (C=O) groups is 1. The van der Waals surface area contributed by atoms with Crippen LogP contribution in [0.1, 0.15) is 58.8 Å². The van der Waals surface area contributed by atoms with Gasteiger partial charge in [0.15, 0.2) is 0 Å². The zero-order valence-electron chi connectivity index (χ0n) is 28.2. The van der Waals surface area contributed by atoms with Crippen LogP contribution in [0.15, 0.2) is 73.1 Å². The molecular weight excluding hydrogens is 635 g/mol. The van der Waals surface area contributed by atoms with Crippen molar-refractivity contribution in [3.05, 3.63) is 101 Å². The summed E-state index contributed by atoms with van der Waals surface area (Å²) in [5, 5.41) is 22.1. The molecule has 11 heteroatoms. The highest BCUT2D eigenvalue weighted by molar-refractivity contribution is 5.99. The Labute approximate surface area is 292 Å². The summed E-state index contributed by atoms with van der Waals surface area (Å²) in [6.07, 6.45) is 6.99. The minimum atomic E-state index is -0.669. The van der Waals surface area contributed by atoms with Crippen molar-refractivity contribution in [2.24, 2.45) is 0 Å². The Balaban J connectivity index is 0.927. The normalized spacial score (nSPS) is 21.6. The first-order valence-corrected chi connectivity index (χ1v) is 17.6. The number of halogens is 1. The molecule has 1 saturated heterocycles. The molecule has 3 heterocycles. The number of amides is 1. The molecule has 4 atom stereocenters. The maximum absolute atomic E-state index is 13.3. The van der Waals surface area contributed by atoms with Crippen molar-refractivity contribution in [1.82, 2.24) is 25.1 Å². The number of aliphatic hydroxyl groups excluding tert-OH is 2. The van der Waals surface area contributed by atoms with Crippen LogP contribution in [-0.2, 0) is 17.8 Å². The summed E-state index contributed by atoms with van der Waals surface area (Å²) in [6.45, 7) is 4.55. The molecule has 10 nitrogen and oxygen atoms in total. The van der Waals surface area contributed by atoms with Gasteiger partial charge >= 0.3 is 0 Å². The van der Waals surface area contributed by atoms with Gasteiger partial charge in [0, 0.05) is 62.3 Å². The monoisotopic (exact) mass is 680 g/mol. The van der Waals surface area contributed by atoms with E-state index in [2.05, 4.69) is 67.5 Å². The molecule has 7 rings (SSSR count). The fourth-order valence-corrected chi connectivity index (χ4v) is 7.66. The Hall–Kier alpha value is -4.26. The second kappa shape index (κ2) is 15.3. The number of nitrogens with two attached hydrogens (primary N) is 1. The van der Waals surface area contributed by atoms with Gasteiger partial charge in [0.2, 0.25) is 5.95 Å². The molecule has 2 fully saturated rings. The molecule has 0 bridgehead atoms. The summed E-state index contributed by atoms with van der Waals surface area (Å²) in [6, 6.07) is 20.2.